The molecule has 0 radical (unpaired) electrons. The number of hydrogen-bond donors (Lipinski definition) is 0. The molecule has 0 saturated heterocycles. The van der Waals surface area contributed by atoms with Crippen LogP contribution in [0.2, 0.25) is 5.02 Å². The molecule has 0 aliphatic carbocycles. The van der Waals surface area contributed by atoms with Crippen molar-refractivity contribution in [2.24, 2.45) is 5.10 Å². The van der Waals surface area contributed by atoms with Gasteiger partial charge in [-0.1, -0.05) is 54.1 Å². The first-order chi connectivity index (χ1) is 19.6. The summed E-state index contributed by atoms with van der Waals surface area (Å²) in [6.45, 7) is 2.80. The summed E-state index contributed by atoms with van der Waals surface area (Å²) < 4.78 is 19.2. The average Bonchev–Trinajstić information content (AvgIpc) is 3.40. The van der Waals surface area contributed by atoms with E-state index in [9.17, 15) is 4.79 Å². The van der Waals surface area contributed by atoms with Crippen LogP contribution in [0.1, 0.15) is 18.1 Å². The van der Waals surface area contributed by atoms with Gasteiger partial charge in [-0.3, -0.25) is 4.79 Å². The van der Waals surface area contributed by atoms with E-state index in [2.05, 4.69) is 5.10 Å². The highest BCUT2D eigenvalue weighted by Crippen LogP contribution is 2.30. The van der Waals surface area contributed by atoms with E-state index in [0.717, 1.165) is 16.5 Å². The molecule has 6 rings (SSSR count). The van der Waals surface area contributed by atoms with Gasteiger partial charge in [0.15, 0.2) is 17.3 Å². The molecule has 8 heteroatoms. The number of nitrogens with zero attached hydrogens (tertiary/aromatic N) is 3. The average molecular weight is 550 g/mol. The van der Waals surface area contributed by atoms with Crippen LogP contribution in [0, 0.1) is 0 Å². The molecule has 0 N–H and O–H groups in total. The molecule has 0 saturated carbocycles. The topological polar surface area (TPSA) is 78.9 Å². The third kappa shape index (κ3) is 5.19. The van der Waals surface area contributed by atoms with E-state index in [4.69, 9.17) is 30.5 Å². The van der Waals surface area contributed by atoms with E-state index in [1.807, 2.05) is 61.5 Å². The second-order valence-corrected chi connectivity index (χ2v) is 9.46. The molecule has 0 atom stereocenters. The third-order valence-corrected chi connectivity index (χ3v) is 6.51. The number of furan rings is 1. The first-order valence-corrected chi connectivity index (χ1v) is 13.2. The molecule has 0 aliphatic rings. The fraction of sp³-hybridized carbons (Fsp3) is 0.0938. The van der Waals surface area contributed by atoms with E-state index in [1.165, 1.54) is 4.68 Å². The predicted molar refractivity (Wildman–Crippen MR) is 158 cm³/mol. The maximum absolute atomic E-state index is 13.6. The number of hydrogen-bond acceptors (Lipinski definition) is 6. The molecule has 0 spiro atoms. The zero-order valence-electron chi connectivity index (χ0n) is 21.6. The van der Waals surface area contributed by atoms with Crippen molar-refractivity contribution in [3.8, 4) is 23.1 Å². The predicted octanol–water partition coefficient (Wildman–Crippen LogP) is 7.32. The standard InChI is InChI=1S/C32H24ClN3O4/c1-2-38-29-16-22(12-14-28(29)39-20-21-8-4-3-5-9-21)19-34-36-31(35-26-11-7-6-10-25(26)32(36)37)30-18-23-17-24(33)13-15-27(23)40-30/h3-19H,2,20H2,1H3. The van der Waals surface area contributed by atoms with Gasteiger partial charge in [0, 0.05) is 10.4 Å². The zero-order valence-corrected chi connectivity index (χ0v) is 22.3. The monoisotopic (exact) mass is 549 g/mol. The molecule has 40 heavy (non-hydrogen) atoms. The molecule has 0 fully saturated rings. The van der Waals surface area contributed by atoms with E-state index < -0.39 is 0 Å². The molecular weight excluding hydrogens is 526 g/mol. The second-order valence-electron chi connectivity index (χ2n) is 9.02. The van der Waals surface area contributed by atoms with Crippen LogP contribution in [0.4, 0.5) is 0 Å². The highest BCUT2D eigenvalue weighted by Gasteiger charge is 2.17. The lowest BCUT2D eigenvalue weighted by Crippen LogP contribution is -2.20. The number of ether oxygens (including phenoxy) is 2. The molecule has 0 bridgehead atoms. The summed E-state index contributed by atoms with van der Waals surface area (Å²) >= 11 is 6.17. The lowest BCUT2D eigenvalue weighted by Gasteiger charge is -2.13. The maximum atomic E-state index is 13.6. The molecule has 0 unspecified atom stereocenters. The summed E-state index contributed by atoms with van der Waals surface area (Å²) in [7, 11) is 0. The van der Waals surface area contributed by atoms with Gasteiger partial charge in [0.2, 0.25) is 5.82 Å². The van der Waals surface area contributed by atoms with Crippen molar-refractivity contribution in [2.75, 3.05) is 6.61 Å². The summed E-state index contributed by atoms with van der Waals surface area (Å²) in [6, 6.07) is 29.7. The molecule has 4 aromatic carbocycles. The lowest BCUT2D eigenvalue weighted by atomic mass is 10.2. The van der Waals surface area contributed by atoms with Gasteiger partial charge < -0.3 is 13.9 Å². The summed E-state index contributed by atoms with van der Waals surface area (Å²) in [5.74, 6) is 1.88. The summed E-state index contributed by atoms with van der Waals surface area (Å²) in [5, 5.41) is 6.38. The van der Waals surface area contributed by atoms with Gasteiger partial charge >= 0.3 is 0 Å². The largest absolute Gasteiger partial charge is 0.490 e. The van der Waals surface area contributed by atoms with Gasteiger partial charge in [0.05, 0.1) is 23.7 Å². The van der Waals surface area contributed by atoms with Crippen LogP contribution < -0.4 is 15.0 Å². The van der Waals surface area contributed by atoms with E-state index >= 15 is 0 Å². The first kappa shape index (κ1) is 25.4. The van der Waals surface area contributed by atoms with E-state index in [1.54, 1.807) is 48.7 Å². The molecule has 198 valence electrons. The van der Waals surface area contributed by atoms with Gasteiger partial charge in [-0.2, -0.15) is 9.78 Å². The van der Waals surface area contributed by atoms with Crippen molar-refractivity contribution in [3.05, 3.63) is 124 Å². The number of benzene rings is 4. The lowest BCUT2D eigenvalue weighted by molar-refractivity contribution is 0.269. The van der Waals surface area contributed by atoms with E-state index in [-0.39, 0.29) is 11.4 Å². The Bertz CT molecular complexity index is 1910. The van der Waals surface area contributed by atoms with Crippen molar-refractivity contribution < 1.29 is 13.9 Å². The van der Waals surface area contributed by atoms with Crippen LogP contribution >= 0.6 is 11.6 Å². The Morgan fingerprint density at radius 1 is 0.925 bits per heavy atom. The molecule has 6 aromatic rings. The molecule has 0 aliphatic heterocycles. The van der Waals surface area contributed by atoms with Gasteiger partial charge in [-0.25, -0.2) is 4.98 Å². The van der Waals surface area contributed by atoms with Crippen molar-refractivity contribution in [3.63, 3.8) is 0 Å². The molecular formula is C32H24ClN3O4. The third-order valence-electron chi connectivity index (χ3n) is 6.28. The normalized spacial score (nSPS) is 11.4. The van der Waals surface area contributed by atoms with Crippen LogP contribution in [-0.4, -0.2) is 22.5 Å². The quantitative estimate of drug-likeness (QED) is 0.186. The number of aromatic nitrogens is 2. The summed E-state index contributed by atoms with van der Waals surface area (Å²) in [5.41, 5.74) is 2.64. The summed E-state index contributed by atoms with van der Waals surface area (Å²) in [4.78, 5) is 18.3. The van der Waals surface area contributed by atoms with Crippen molar-refractivity contribution >= 4 is 39.7 Å². The van der Waals surface area contributed by atoms with E-state index in [0.29, 0.717) is 52.0 Å². The Kier molecular flexibility index (Phi) is 7.04. The Morgan fingerprint density at radius 3 is 2.60 bits per heavy atom. The minimum absolute atomic E-state index is 0.278. The highest BCUT2D eigenvalue weighted by molar-refractivity contribution is 6.31. The van der Waals surface area contributed by atoms with Crippen molar-refractivity contribution in [1.29, 1.82) is 0 Å². The zero-order chi connectivity index (χ0) is 27.5. The molecule has 2 heterocycles. The molecule has 7 nitrogen and oxygen atoms in total. The van der Waals surface area contributed by atoms with Gasteiger partial charge in [-0.15, -0.1) is 0 Å². The Hall–Kier alpha value is -4.88. The van der Waals surface area contributed by atoms with Crippen LogP contribution in [0.15, 0.2) is 111 Å². The highest BCUT2D eigenvalue weighted by atomic mass is 35.5. The van der Waals surface area contributed by atoms with Crippen LogP contribution in [0.5, 0.6) is 11.5 Å². The maximum Gasteiger partial charge on any atom is 0.282 e. The second kappa shape index (κ2) is 11.1. The minimum Gasteiger partial charge on any atom is -0.490 e. The summed E-state index contributed by atoms with van der Waals surface area (Å²) in [6.07, 6.45) is 1.59. The smallest absolute Gasteiger partial charge is 0.282 e. The Labute approximate surface area is 234 Å². The van der Waals surface area contributed by atoms with Gasteiger partial charge in [0.25, 0.3) is 5.56 Å². The number of para-hydroxylation sites is 1. The van der Waals surface area contributed by atoms with Crippen LogP contribution in [0.3, 0.4) is 0 Å². The minimum atomic E-state index is -0.316. The number of halogens is 1. The fourth-order valence-electron chi connectivity index (χ4n) is 4.37. The fourth-order valence-corrected chi connectivity index (χ4v) is 4.55. The van der Waals surface area contributed by atoms with Crippen molar-refractivity contribution in [1.82, 2.24) is 9.66 Å². The Morgan fingerprint density at radius 2 is 1.75 bits per heavy atom. The Balaban J connectivity index is 1.39. The molecule has 2 aromatic heterocycles. The van der Waals surface area contributed by atoms with Crippen molar-refractivity contribution in [2.45, 2.75) is 13.5 Å². The van der Waals surface area contributed by atoms with Crippen LogP contribution in [-0.2, 0) is 6.61 Å². The SMILES string of the molecule is CCOc1cc(C=Nn2c(-c3cc4cc(Cl)ccc4o3)nc3ccccc3c2=O)ccc1OCc1ccccc1. The van der Waals surface area contributed by atoms with Crippen LogP contribution in [0.25, 0.3) is 33.5 Å². The van der Waals surface area contributed by atoms with Gasteiger partial charge in [0.1, 0.15) is 12.2 Å². The van der Waals surface area contributed by atoms with Gasteiger partial charge in [-0.05, 0) is 72.6 Å². The number of rotatable bonds is 8. The molecule has 0 amide bonds. The number of fused-ring (bicyclic) bond motifs is 2. The first-order valence-electron chi connectivity index (χ1n) is 12.8.